The Hall–Kier alpha value is -1.91. The second-order valence-corrected chi connectivity index (χ2v) is 7.09. The molecule has 112 valence electrons. The smallest absolute Gasteiger partial charge is 0.221 e. The van der Waals surface area contributed by atoms with Gasteiger partial charge in [0.15, 0.2) is 0 Å². The summed E-state index contributed by atoms with van der Waals surface area (Å²) >= 11 is 0. The Bertz CT molecular complexity index is 679. The Morgan fingerprint density at radius 2 is 2.14 bits per heavy atom. The fourth-order valence-electron chi connectivity index (χ4n) is 2.47. The predicted octanol–water partition coefficient (Wildman–Crippen LogP) is 0.585. The third kappa shape index (κ3) is 3.60. The summed E-state index contributed by atoms with van der Waals surface area (Å²) in [6.07, 6.45) is 1.24. The molecular weight excluding hydrogens is 290 g/mol. The zero-order chi connectivity index (χ0) is 15.5. The maximum absolute atomic E-state index is 12.5. The Morgan fingerprint density at radius 1 is 1.43 bits per heavy atom. The number of primary amides is 1. The maximum atomic E-state index is 12.5. The summed E-state index contributed by atoms with van der Waals surface area (Å²) in [5.74, 6) is -1.13. The number of carbonyl (C=O) groups excluding carboxylic acids is 1. The second kappa shape index (κ2) is 6.24. The lowest BCUT2D eigenvalue weighted by atomic mass is 9.99. The molecule has 1 unspecified atom stereocenters. The van der Waals surface area contributed by atoms with Crippen molar-refractivity contribution in [2.75, 3.05) is 13.1 Å². The van der Waals surface area contributed by atoms with Crippen LogP contribution in [0.3, 0.4) is 0 Å². The van der Waals surface area contributed by atoms with E-state index in [1.165, 1.54) is 4.31 Å². The van der Waals surface area contributed by atoms with E-state index in [0.717, 1.165) is 0 Å². The van der Waals surface area contributed by atoms with Crippen LogP contribution in [0.1, 0.15) is 24.0 Å². The van der Waals surface area contributed by atoms with Crippen LogP contribution in [-0.4, -0.2) is 31.7 Å². The summed E-state index contributed by atoms with van der Waals surface area (Å²) in [5, 5.41) is 9.02. The quantitative estimate of drug-likeness (QED) is 0.878. The highest BCUT2D eigenvalue weighted by Crippen LogP contribution is 2.22. The number of hydrogen-bond donors (Lipinski definition) is 1. The standard InChI is InChI=1S/C14H17N3O3S/c15-8-11-4-1-2-5-13(11)10-21(19,20)17-7-3-6-12(9-17)14(16)18/h1-2,4-5,12H,3,6-7,9-10H2,(H2,16,18). The average molecular weight is 307 g/mol. The zero-order valence-corrected chi connectivity index (χ0v) is 12.3. The molecule has 1 heterocycles. The molecule has 0 aliphatic carbocycles. The fraction of sp³-hybridized carbons (Fsp3) is 0.429. The summed E-state index contributed by atoms with van der Waals surface area (Å²) in [6.45, 7) is 0.521. The van der Waals surface area contributed by atoms with Gasteiger partial charge in [0.2, 0.25) is 15.9 Å². The molecule has 7 heteroatoms. The van der Waals surface area contributed by atoms with Gasteiger partial charge in [-0.1, -0.05) is 18.2 Å². The maximum Gasteiger partial charge on any atom is 0.221 e. The summed E-state index contributed by atoms with van der Waals surface area (Å²) in [7, 11) is -3.56. The number of piperidine rings is 1. The van der Waals surface area contributed by atoms with Gasteiger partial charge >= 0.3 is 0 Å². The zero-order valence-electron chi connectivity index (χ0n) is 11.5. The van der Waals surface area contributed by atoms with Gasteiger partial charge in [0.25, 0.3) is 0 Å². The van der Waals surface area contributed by atoms with Gasteiger partial charge in [-0.05, 0) is 24.5 Å². The van der Waals surface area contributed by atoms with Crippen molar-refractivity contribution in [1.29, 1.82) is 5.26 Å². The largest absolute Gasteiger partial charge is 0.369 e. The van der Waals surface area contributed by atoms with Gasteiger partial charge in [0.1, 0.15) is 0 Å². The molecule has 0 bridgehead atoms. The number of rotatable bonds is 4. The van der Waals surface area contributed by atoms with Gasteiger partial charge in [-0.15, -0.1) is 0 Å². The van der Waals surface area contributed by atoms with Crippen molar-refractivity contribution in [1.82, 2.24) is 4.31 Å². The molecule has 2 rings (SSSR count). The van der Waals surface area contributed by atoms with Gasteiger partial charge in [-0.3, -0.25) is 4.79 Å². The number of benzene rings is 1. The van der Waals surface area contributed by atoms with Crippen LogP contribution in [0.2, 0.25) is 0 Å². The molecule has 1 aromatic rings. The predicted molar refractivity (Wildman–Crippen MR) is 77.3 cm³/mol. The summed E-state index contributed by atoms with van der Waals surface area (Å²) in [4.78, 5) is 11.2. The molecule has 0 radical (unpaired) electrons. The normalized spacial score (nSPS) is 19.9. The third-order valence-corrected chi connectivity index (χ3v) is 5.45. The van der Waals surface area contributed by atoms with E-state index in [4.69, 9.17) is 11.0 Å². The minimum atomic E-state index is -3.56. The summed E-state index contributed by atoms with van der Waals surface area (Å²) < 4.78 is 26.2. The first-order valence-electron chi connectivity index (χ1n) is 6.69. The number of carbonyl (C=O) groups is 1. The third-order valence-electron chi connectivity index (χ3n) is 3.66. The van der Waals surface area contributed by atoms with Crippen molar-refractivity contribution in [3.63, 3.8) is 0 Å². The van der Waals surface area contributed by atoms with Crippen LogP contribution >= 0.6 is 0 Å². The number of nitrogens with two attached hydrogens (primary N) is 1. The molecule has 1 fully saturated rings. The Balaban J connectivity index is 2.19. The van der Waals surface area contributed by atoms with Crippen molar-refractivity contribution < 1.29 is 13.2 Å². The van der Waals surface area contributed by atoms with Gasteiger partial charge in [0, 0.05) is 13.1 Å². The second-order valence-electron chi connectivity index (χ2n) is 5.12. The first-order valence-corrected chi connectivity index (χ1v) is 8.30. The molecule has 2 N–H and O–H groups in total. The van der Waals surface area contributed by atoms with Crippen molar-refractivity contribution in [2.24, 2.45) is 11.7 Å². The molecule has 1 aliphatic rings. The molecule has 21 heavy (non-hydrogen) atoms. The van der Waals surface area contributed by atoms with E-state index in [0.29, 0.717) is 30.5 Å². The van der Waals surface area contributed by atoms with Gasteiger partial charge < -0.3 is 5.73 Å². The number of nitriles is 1. The number of sulfonamides is 1. The minimum absolute atomic E-state index is 0.131. The highest BCUT2D eigenvalue weighted by molar-refractivity contribution is 7.88. The molecule has 0 spiro atoms. The molecule has 0 saturated carbocycles. The van der Waals surface area contributed by atoms with E-state index in [2.05, 4.69) is 0 Å². The average Bonchev–Trinajstić information content (AvgIpc) is 2.47. The SMILES string of the molecule is N#Cc1ccccc1CS(=O)(=O)N1CCCC(C(N)=O)C1. The van der Waals surface area contributed by atoms with Crippen LogP contribution in [0.25, 0.3) is 0 Å². The Kier molecular flexibility index (Phi) is 4.60. The van der Waals surface area contributed by atoms with E-state index in [1.54, 1.807) is 24.3 Å². The topological polar surface area (TPSA) is 104 Å². The van der Waals surface area contributed by atoms with Crippen molar-refractivity contribution >= 4 is 15.9 Å². The summed E-state index contributed by atoms with van der Waals surface area (Å²) in [5.41, 5.74) is 6.09. The van der Waals surface area contributed by atoms with E-state index in [9.17, 15) is 13.2 Å². The molecule has 1 aromatic carbocycles. The molecule has 0 aromatic heterocycles. The van der Waals surface area contributed by atoms with E-state index < -0.39 is 21.8 Å². The summed E-state index contributed by atoms with van der Waals surface area (Å²) in [6, 6.07) is 8.61. The van der Waals surface area contributed by atoms with E-state index in [-0.39, 0.29) is 12.3 Å². The van der Waals surface area contributed by atoms with Gasteiger partial charge in [-0.2, -0.15) is 5.26 Å². The number of nitrogens with zero attached hydrogens (tertiary/aromatic N) is 2. The van der Waals surface area contributed by atoms with Crippen molar-refractivity contribution in [2.45, 2.75) is 18.6 Å². The van der Waals surface area contributed by atoms with Gasteiger partial charge in [-0.25, -0.2) is 12.7 Å². The number of hydrogen-bond acceptors (Lipinski definition) is 4. The van der Waals surface area contributed by atoms with Crippen molar-refractivity contribution in [3.05, 3.63) is 35.4 Å². The van der Waals surface area contributed by atoms with Gasteiger partial charge in [0.05, 0.1) is 23.3 Å². The molecular formula is C14H17N3O3S. The molecule has 1 saturated heterocycles. The first kappa shape index (κ1) is 15.5. The lowest BCUT2D eigenvalue weighted by Gasteiger charge is -2.30. The van der Waals surface area contributed by atoms with Crippen LogP contribution in [0.4, 0.5) is 0 Å². The van der Waals surface area contributed by atoms with Crippen LogP contribution < -0.4 is 5.73 Å². The first-order chi connectivity index (χ1) is 9.94. The van der Waals surface area contributed by atoms with Crippen LogP contribution in [0.5, 0.6) is 0 Å². The highest BCUT2D eigenvalue weighted by atomic mass is 32.2. The molecule has 1 atom stereocenters. The highest BCUT2D eigenvalue weighted by Gasteiger charge is 2.31. The number of amides is 1. The van der Waals surface area contributed by atoms with Crippen LogP contribution in [0, 0.1) is 17.2 Å². The van der Waals surface area contributed by atoms with Crippen LogP contribution in [0.15, 0.2) is 24.3 Å². The lowest BCUT2D eigenvalue weighted by molar-refractivity contribution is -0.122. The molecule has 6 nitrogen and oxygen atoms in total. The minimum Gasteiger partial charge on any atom is -0.369 e. The molecule has 1 aliphatic heterocycles. The lowest BCUT2D eigenvalue weighted by Crippen LogP contribution is -2.44. The fourth-order valence-corrected chi connectivity index (χ4v) is 4.11. The van der Waals surface area contributed by atoms with Crippen molar-refractivity contribution in [3.8, 4) is 6.07 Å². The van der Waals surface area contributed by atoms with E-state index >= 15 is 0 Å². The molecule has 1 amide bonds. The van der Waals surface area contributed by atoms with E-state index in [1.807, 2.05) is 6.07 Å². The Morgan fingerprint density at radius 3 is 2.81 bits per heavy atom. The van der Waals surface area contributed by atoms with Crippen LogP contribution in [-0.2, 0) is 20.6 Å². The monoisotopic (exact) mass is 307 g/mol. The Labute approximate surface area is 124 Å².